The first kappa shape index (κ1) is 10.2. The van der Waals surface area contributed by atoms with E-state index in [4.69, 9.17) is 0 Å². The van der Waals surface area contributed by atoms with Gasteiger partial charge in [0.1, 0.15) is 5.82 Å². The minimum absolute atomic E-state index is 0.0975. The minimum atomic E-state index is -0.0975. The van der Waals surface area contributed by atoms with Crippen LogP contribution in [0.25, 0.3) is 0 Å². The molecule has 16 heavy (non-hydrogen) atoms. The maximum absolute atomic E-state index is 13.1. The van der Waals surface area contributed by atoms with Crippen molar-refractivity contribution in [3.63, 3.8) is 0 Å². The van der Waals surface area contributed by atoms with E-state index in [-0.39, 0.29) is 5.82 Å². The minimum Gasteiger partial charge on any atom is -0.314 e. The van der Waals surface area contributed by atoms with E-state index in [2.05, 4.69) is 10.2 Å². The molecule has 0 radical (unpaired) electrons. The molecule has 0 bridgehead atoms. The SMILES string of the molecule is Fc1ccc2c(c1)CC(N1CCNCC1)C2. The number of rotatable bonds is 1. The van der Waals surface area contributed by atoms with E-state index in [1.807, 2.05) is 6.07 Å². The average Bonchev–Trinajstić information content (AvgIpc) is 2.73. The molecule has 0 amide bonds. The molecular formula is C13H17FN2. The molecule has 86 valence electrons. The van der Waals surface area contributed by atoms with Gasteiger partial charge in [0.15, 0.2) is 0 Å². The van der Waals surface area contributed by atoms with Crippen molar-refractivity contribution in [2.24, 2.45) is 0 Å². The highest BCUT2D eigenvalue weighted by atomic mass is 19.1. The predicted octanol–water partition coefficient (Wildman–Crippen LogP) is 1.20. The molecule has 1 N–H and O–H groups in total. The van der Waals surface area contributed by atoms with Crippen molar-refractivity contribution in [1.82, 2.24) is 10.2 Å². The zero-order valence-corrected chi connectivity index (χ0v) is 9.38. The van der Waals surface area contributed by atoms with Crippen LogP contribution in [0.2, 0.25) is 0 Å². The third kappa shape index (κ3) is 1.85. The van der Waals surface area contributed by atoms with Crippen LogP contribution in [-0.2, 0) is 12.8 Å². The van der Waals surface area contributed by atoms with Gasteiger partial charge in [-0.05, 0) is 36.1 Å². The highest BCUT2D eigenvalue weighted by Crippen LogP contribution is 2.26. The lowest BCUT2D eigenvalue weighted by molar-refractivity contribution is 0.178. The summed E-state index contributed by atoms with van der Waals surface area (Å²) >= 11 is 0. The molecule has 0 spiro atoms. The molecule has 3 heteroatoms. The Balaban J connectivity index is 1.74. The monoisotopic (exact) mass is 220 g/mol. The van der Waals surface area contributed by atoms with Crippen molar-refractivity contribution in [3.8, 4) is 0 Å². The molecule has 1 aliphatic heterocycles. The summed E-state index contributed by atoms with van der Waals surface area (Å²) in [6, 6.07) is 5.84. The summed E-state index contributed by atoms with van der Waals surface area (Å²) in [4.78, 5) is 2.54. The van der Waals surface area contributed by atoms with Crippen LogP contribution in [0.5, 0.6) is 0 Å². The first-order chi connectivity index (χ1) is 7.83. The maximum atomic E-state index is 13.1. The Morgan fingerprint density at radius 2 is 1.88 bits per heavy atom. The van der Waals surface area contributed by atoms with Crippen molar-refractivity contribution in [3.05, 3.63) is 35.1 Å². The Kier molecular flexibility index (Phi) is 2.65. The molecule has 0 aromatic heterocycles. The Labute approximate surface area is 95.4 Å². The second-order valence-electron chi connectivity index (χ2n) is 4.76. The van der Waals surface area contributed by atoms with Gasteiger partial charge in [-0.2, -0.15) is 0 Å². The molecule has 1 atom stereocenters. The Morgan fingerprint density at radius 3 is 2.69 bits per heavy atom. The number of benzene rings is 1. The fourth-order valence-electron chi connectivity index (χ4n) is 2.87. The predicted molar refractivity (Wildman–Crippen MR) is 62.0 cm³/mol. The summed E-state index contributed by atoms with van der Waals surface area (Å²) < 4.78 is 13.1. The van der Waals surface area contributed by atoms with Crippen molar-refractivity contribution < 1.29 is 4.39 Å². The van der Waals surface area contributed by atoms with Gasteiger partial charge in [-0.3, -0.25) is 4.90 Å². The molecule has 1 aromatic rings. The van der Waals surface area contributed by atoms with Crippen LogP contribution < -0.4 is 5.32 Å². The Bertz CT molecular complexity index is 386. The van der Waals surface area contributed by atoms with Gasteiger partial charge in [0, 0.05) is 32.2 Å². The van der Waals surface area contributed by atoms with Gasteiger partial charge in [-0.25, -0.2) is 4.39 Å². The van der Waals surface area contributed by atoms with Crippen LogP contribution in [0.4, 0.5) is 4.39 Å². The Morgan fingerprint density at radius 1 is 1.12 bits per heavy atom. The highest BCUT2D eigenvalue weighted by molar-refractivity contribution is 5.34. The topological polar surface area (TPSA) is 15.3 Å². The van der Waals surface area contributed by atoms with Crippen LogP contribution in [-0.4, -0.2) is 37.1 Å². The third-order valence-electron chi connectivity index (χ3n) is 3.75. The molecule has 3 rings (SSSR count). The van der Waals surface area contributed by atoms with Gasteiger partial charge in [0.25, 0.3) is 0 Å². The quantitative estimate of drug-likeness (QED) is 0.765. The summed E-state index contributed by atoms with van der Waals surface area (Å²) in [5.41, 5.74) is 2.55. The molecular weight excluding hydrogens is 203 g/mol. The Hall–Kier alpha value is -0.930. The molecule has 2 aliphatic rings. The average molecular weight is 220 g/mol. The molecule has 0 saturated carbocycles. The number of hydrogen-bond donors (Lipinski definition) is 1. The van der Waals surface area contributed by atoms with Crippen LogP contribution in [0.15, 0.2) is 18.2 Å². The lowest BCUT2D eigenvalue weighted by atomic mass is 10.1. The lowest BCUT2D eigenvalue weighted by Gasteiger charge is -2.32. The second kappa shape index (κ2) is 4.15. The molecule has 1 heterocycles. The summed E-state index contributed by atoms with van der Waals surface area (Å²) in [7, 11) is 0. The maximum Gasteiger partial charge on any atom is 0.123 e. The molecule has 1 aromatic carbocycles. The van der Waals surface area contributed by atoms with Crippen LogP contribution in [0, 0.1) is 5.82 Å². The van der Waals surface area contributed by atoms with Crippen LogP contribution in [0.3, 0.4) is 0 Å². The van der Waals surface area contributed by atoms with E-state index in [1.54, 1.807) is 12.1 Å². The second-order valence-corrected chi connectivity index (χ2v) is 4.76. The normalized spacial score (nSPS) is 25.7. The third-order valence-corrected chi connectivity index (χ3v) is 3.75. The van der Waals surface area contributed by atoms with Gasteiger partial charge in [0.2, 0.25) is 0 Å². The summed E-state index contributed by atoms with van der Waals surface area (Å²) in [5, 5.41) is 3.37. The lowest BCUT2D eigenvalue weighted by Crippen LogP contribution is -2.48. The summed E-state index contributed by atoms with van der Waals surface area (Å²) in [5.74, 6) is -0.0975. The highest BCUT2D eigenvalue weighted by Gasteiger charge is 2.27. The fraction of sp³-hybridized carbons (Fsp3) is 0.538. The number of halogens is 1. The van der Waals surface area contributed by atoms with Gasteiger partial charge >= 0.3 is 0 Å². The molecule has 1 aliphatic carbocycles. The zero-order valence-electron chi connectivity index (χ0n) is 9.38. The van der Waals surface area contributed by atoms with Crippen LogP contribution >= 0.6 is 0 Å². The summed E-state index contributed by atoms with van der Waals surface area (Å²) in [6.45, 7) is 4.42. The zero-order chi connectivity index (χ0) is 11.0. The molecule has 1 unspecified atom stereocenters. The van der Waals surface area contributed by atoms with E-state index in [0.717, 1.165) is 39.0 Å². The van der Waals surface area contributed by atoms with Gasteiger partial charge < -0.3 is 5.32 Å². The van der Waals surface area contributed by atoms with Gasteiger partial charge in [0.05, 0.1) is 0 Å². The first-order valence-corrected chi connectivity index (χ1v) is 6.05. The van der Waals surface area contributed by atoms with E-state index >= 15 is 0 Å². The molecule has 1 saturated heterocycles. The standard InChI is InChI=1S/C13H17FN2/c14-12-2-1-10-8-13(9-11(10)7-12)16-5-3-15-4-6-16/h1-2,7,13,15H,3-6,8-9H2. The van der Waals surface area contributed by atoms with Gasteiger partial charge in [-0.15, -0.1) is 0 Å². The number of nitrogens with one attached hydrogen (secondary N) is 1. The first-order valence-electron chi connectivity index (χ1n) is 6.05. The molecule has 1 fully saturated rings. The van der Waals surface area contributed by atoms with E-state index in [0.29, 0.717) is 6.04 Å². The van der Waals surface area contributed by atoms with Crippen molar-refractivity contribution in [2.75, 3.05) is 26.2 Å². The van der Waals surface area contributed by atoms with Gasteiger partial charge in [-0.1, -0.05) is 6.07 Å². The van der Waals surface area contributed by atoms with E-state index < -0.39 is 0 Å². The van der Waals surface area contributed by atoms with E-state index in [1.165, 1.54) is 11.1 Å². The number of piperazine rings is 1. The largest absolute Gasteiger partial charge is 0.314 e. The van der Waals surface area contributed by atoms with Crippen molar-refractivity contribution in [2.45, 2.75) is 18.9 Å². The van der Waals surface area contributed by atoms with Crippen molar-refractivity contribution >= 4 is 0 Å². The number of nitrogens with zero attached hydrogens (tertiary/aromatic N) is 1. The fourth-order valence-corrected chi connectivity index (χ4v) is 2.87. The molecule has 2 nitrogen and oxygen atoms in total. The summed E-state index contributed by atoms with van der Waals surface area (Å²) in [6.07, 6.45) is 2.11. The number of fused-ring (bicyclic) bond motifs is 1. The van der Waals surface area contributed by atoms with Crippen LogP contribution in [0.1, 0.15) is 11.1 Å². The van der Waals surface area contributed by atoms with E-state index in [9.17, 15) is 4.39 Å². The number of hydrogen-bond acceptors (Lipinski definition) is 2. The smallest absolute Gasteiger partial charge is 0.123 e. The van der Waals surface area contributed by atoms with Crippen molar-refractivity contribution in [1.29, 1.82) is 0 Å².